The lowest BCUT2D eigenvalue weighted by Crippen LogP contribution is -2.18. The molecule has 1 heterocycles. The number of anilines is 1. The van der Waals surface area contributed by atoms with E-state index in [0.29, 0.717) is 12.2 Å². The minimum atomic E-state index is -0.392. The van der Waals surface area contributed by atoms with Gasteiger partial charge in [-0.3, -0.25) is 0 Å². The molecule has 15 heavy (non-hydrogen) atoms. The van der Waals surface area contributed by atoms with Crippen LogP contribution in [0.15, 0.2) is 18.2 Å². The first-order valence-electron chi connectivity index (χ1n) is 5.07. The fraction of sp³-hybridized carbons (Fsp3) is 0.455. The van der Waals surface area contributed by atoms with E-state index in [1.54, 1.807) is 12.1 Å². The van der Waals surface area contributed by atoms with Crippen LogP contribution < -0.4 is 5.32 Å². The largest absolute Gasteiger partial charge is 0.380 e. The highest BCUT2D eigenvalue weighted by Gasteiger charge is 2.15. The third kappa shape index (κ3) is 2.61. The standard InChI is InChI=1S/C11H13ClFNO/c12-9-4-1-5-10(11(9)13)14-7-8-3-2-6-15-8/h1,4-5,8,14H,2-3,6-7H2. The Hall–Kier alpha value is -0.800. The van der Waals surface area contributed by atoms with Gasteiger partial charge in [0.2, 0.25) is 0 Å². The second-order valence-electron chi connectivity index (χ2n) is 3.62. The third-order valence-corrected chi connectivity index (χ3v) is 2.79. The highest BCUT2D eigenvalue weighted by atomic mass is 35.5. The third-order valence-electron chi connectivity index (χ3n) is 2.50. The van der Waals surface area contributed by atoms with Gasteiger partial charge in [0.05, 0.1) is 16.8 Å². The summed E-state index contributed by atoms with van der Waals surface area (Å²) in [6, 6.07) is 4.94. The zero-order valence-electron chi connectivity index (χ0n) is 8.30. The summed E-state index contributed by atoms with van der Waals surface area (Å²) in [6.07, 6.45) is 2.32. The lowest BCUT2D eigenvalue weighted by molar-refractivity contribution is 0.120. The monoisotopic (exact) mass is 229 g/mol. The van der Waals surface area contributed by atoms with Crippen molar-refractivity contribution in [1.82, 2.24) is 0 Å². The second-order valence-corrected chi connectivity index (χ2v) is 4.02. The van der Waals surface area contributed by atoms with Gasteiger partial charge >= 0.3 is 0 Å². The quantitative estimate of drug-likeness (QED) is 0.860. The van der Waals surface area contributed by atoms with Crippen LogP contribution in [0.5, 0.6) is 0 Å². The Kier molecular flexibility index (Phi) is 3.44. The van der Waals surface area contributed by atoms with Crippen LogP contribution in [0.2, 0.25) is 5.02 Å². The molecule has 1 aliphatic heterocycles. The van der Waals surface area contributed by atoms with Crippen molar-refractivity contribution in [1.29, 1.82) is 0 Å². The number of ether oxygens (including phenoxy) is 1. The normalized spacial score (nSPS) is 20.5. The molecular weight excluding hydrogens is 217 g/mol. The molecule has 0 radical (unpaired) electrons. The molecule has 2 rings (SSSR count). The van der Waals surface area contributed by atoms with Gasteiger partial charge in [0.15, 0.2) is 5.82 Å². The maximum Gasteiger partial charge on any atom is 0.164 e. The summed E-state index contributed by atoms with van der Waals surface area (Å²) < 4.78 is 18.9. The first kappa shape index (κ1) is 10.7. The van der Waals surface area contributed by atoms with E-state index in [0.717, 1.165) is 19.4 Å². The summed E-state index contributed by atoms with van der Waals surface area (Å²) in [5.41, 5.74) is 0.443. The Bertz CT molecular complexity index is 339. The van der Waals surface area contributed by atoms with Gasteiger partial charge in [0.1, 0.15) is 0 Å². The minimum Gasteiger partial charge on any atom is -0.380 e. The summed E-state index contributed by atoms with van der Waals surface area (Å²) in [5, 5.41) is 3.16. The van der Waals surface area contributed by atoms with Crippen LogP contribution in [0.1, 0.15) is 12.8 Å². The number of halogens is 2. The zero-order chi connectivity index (χ0) is 10.7. The molecule has 82 valence electrons. The molecular formula is C11H13ClFNO. The van der Waals surface area contributed by atoms with Crippen LogP contribution in [-0.2, 0) is 4.74 Å². The second kappa shape index (κ2) is 4.81. The van der Waals surface area contributed by atoms with Crippen LogP contribution >= 0.6 is 11.6 Å². The topological polar surface area (TPSA) is 21.3 Å². The molecule has 1 fully saturated rings. The molecule has 1 atom stereocenters. The van der Waals surface area contributed by atoms with Gasteiger partial charge in [0.25, 0.3) is 0 Å². The van der Waals surface area contributed by atoms with Crippen LogP contribution in [0.25, 0.3) is 0 Å². The molecule has 4 heteroatoms. The van der Waals surface area contributed by atoms with Gasteiger partial charge in [-0.25, -0.2) is 4.39 Å². The molecule has 0 bridgehead atoms. The van der Waals surface area contributed by atoms with Crippen molar-refractivity contribution < 1.29 is 9.13 Å². The van der Waals surface area contributed by atoms with Gasteiger partial charge < -0.3 is 10.1 Å². The fourth-order valence-corrected chi connectivity index (χ4v) is 1.84. The maximum absolute atomic E-state index is 13.4. The minimum absolute atomic E-state index is 0.146. The SMILES string of the molecule is Fc1c(Cl)cccc1NCC1CCCO1. The summed E-state index contributed by atoms with van der Waals surface area (Å²) >= 11 is 5.66. The number of nitrogens with one attached hydrogen (secondary N) is 1. The van der Waals surface area contributed by atoms with Gasteiger partial charge in [-0.2, -0.15) is 0 Å². The lowest BCUT2D eigenvalue weighted by atomic mass is 10.2. The van der Waals surface area contributed by atoms with Crippen molar-refractivity contribution >= 4 is 17.3 Å². The highest BCUT2D eigenvalue weighted by molar-refractivity contribution is 6.31. The number of hydrogen-bond acceptors (Lipinski definition) is 2. The Morgan fingerprint density at radius 3 is 3.13 bits per heavy atom. The van der Waals surface area contributed by atoms with Gasteiger partial charge in [0, 0.05) is 13.2 Å². The molecule has 1 aliphatic rings. The molecule has 1 N–H and O–H groups in total. The molecule has 1 aromatic carbocycles. The van der Waals surface area contributed by atoms with E-state index >= 15 is 0 Å². The number of rotatable bonds is 3. The summed E-state index contributed by atoms with van der Waals surface area (Å²) in [5.74, 6) is -0.392. The van der Waals surface area contributed by atoms with E-state index in [2.05, 4.69) is 5.32 Å². The van der Waals surface area contributed by atoms with E-state index < -0.39 is 5.82 Å². The number of hydrogen-bond donors (Lipinski definition) is 1. The van der Waals surface area contributed by atoms with Crippen LogP contribution in [0.3, 0.4) is 0 Å². The van der Waals surface area contributed by atoms with Crippen LogP contribution in [-0.4, -0.2) is 19.3 Å². The van der Waals surface area contributed by atoms with E-state index in [9.17, 15) is 4.39 Å². The molecule has 0 aromatic heterocycles. The van der Waals surface area contributed by atoms with E-state index in [4.69, 9.17) is 16.3 Å². The fourth-order valence-electron chi connectivity index (χ4n) is 1.67. The maximum atomic E-state index is 13.4. The molecule has 0 amide bonds. The van der Waals surface area contributed by atoms with Crippen molar-refractivity contribution in [2.24, 2.45) is 0 Å². The molecule has 1 saturated heterocycles. The lowest BCUT2D eigenvalue weighted by Gasteiger charge is -2.12. The smallest absolute Gasteiger partial charge is 0.164 e. The van der Waals surface area contributed by atoms with E-state index in [1.165, 1.54) is 6.07 Å². The van der Waals surface area contributed by atoms with Gasteiger partial charge in [-0.15, -0.1) is 0 Å². The van der Waals surface area contributed by atoms with Crippen molar-refractivity contribution in [3.8, 4) is 0 Å². The summed E-state index contributed by atoms with van der Waals surface area (Å²) in [4.78, 5) is 0. The molecule has 1 unspecified atom stereocenters. The molecule has 0 saturated carbocycles. The Labute approximate surface area is 93.4 Å². The average Bonchev–Trinajstić information content (AvgIpc) is 2.73. The molecule has 0 spiro atoms. The van der Waals surface area contributed by atoms with Crippen LogP contribution in [0, 0.1) is 5.82 Å². The number of benzene rings is 1. The van der Waals surface area contributed by atoms with Gasteiger partial charge in [-0.1, -0.05) is 17.7 Å². The molecule has 0 aliphatic carbocycles. The Morgan fingerprint density at radius 1 is 1.53 bits per heavy atom. The van der Waals surface area contributed by atoms with Gasteiger partial charge in [-0.05, 0) is 25.0 Å². The van der Waals surface area contributed by atoms with Crippen molar-refractivity contribution in [3.05, 3.63) is 29.0 Å². The Balaban J connectivity index is 1.95. The van der Waals surface area contributed by atoms with Crippen molar-refractivity contribution in [3.63, 3.8) is 0 Å². The zero-order valence-corrected chi connectivity index (χ0v) is 9.06. The highest BCUT2D eigenvalue weighted by Crippen LogP contribution is 2.22. The van der Waals surface area contributed by atoms with E-state index in [-0.39, 0.29) is 11.1 Å². The average molecular weight is 230 g/mol. The van der Waals surface area contributed by atoms with Crippen molar-refractivity contribution in [2.45, 2.75) is 18.9 Å². The first-order chi connectivity index (χ1) is 7.27. The van der Waals surface area contributed by atoms with Crippen LogP contribution in [0.4, 0.5) is 10.1 Å². The Morgan fingerprint density at radius 2 is 2.40 bits per heavy atom. The predicted molar refractivity (Wildman–Crippen MR) is 58.9 cm³/mol. The first-order valence-corrected chi connectivity index (χ1v) is 5.44. The summed E-state index contributed by atoms with van der Waals surface area (Å²) in [6.45, 7) is 1.45. The molecule has 2 nitrogen and oxygen atoms in total. The van der Waals surface area contributed by atoms with E-state index in [1.807, 2.05) is 0 Å². The molecule has 1 aromatic rings. The predicted octanol–water partition coefficient (Wildman–Crippen LogP) is 3.07. The van der Waals surface area contributed by atoms with Crippen molar-refractivity contribution in [2.75, 3.05) is 18.5 Å². The summed E-state index contributed by atoms with van der Waals surface area (Å²) in [7, 11) is 0.